The van der Waals surface area contributed by atoms with Gasteiger partial charge in [-0.2, -0.15) is 4.72 Å². The van der Waals surface area contributed by atoms with Crippen LogP contribution in [0.4, 0.5) is 0 Å². The van der Waals surface area contributed by atoms with Gasteiger partial charge >= 0.3 is 0 Å². The second-order valence-corrected chi connectivity index (χ2v) is 6.66. The van der Waals surface area contributed by atoms with Gasteiger partial charge in [0.15, 0.2) is 0 Å². The zero-order valence-corrected chi connectivity index (χ0v) is 12.8. The molecule has 0 aliphatic carbocycles. The highest BCUT2D eigenvalue weighted by Crippen LogP contribution is 2.17. The molecule has 0 aromatic heterocycles. The fourth-order valence-corrected chi connectivity index (χ4v) is 3.04. The normalized spacial score (nSPS) is 12.6. The third-order valence-electron chi connectivity index (χ3n) is 3.18. The van der Waals surface area contributed by atoms with Gasteiger partial charge in [0.05, 0.1) is 4.90 Å². The maximum absolute atomic E-state index is 12.3. The minimum atomic E-state index is -3.64. The van der Waals surface area contributed by atoms with Gasteiger partial charge in [-0.3, -0.25) is 0 Å². The number of benzene rings is 2. The molecule has 1 N–H and O–H groups in total. The van der Waals surface area contributed by atoms with E-state index >= 15 is 0 Å². The summed E-state index contributed by atoms with van der Waals surface area (Å²) in [6.07, 6.45) is 5.48. The van der Waals surface area contributed by atoms with Crippen LogP contribution < -0.4 is 4.72 Å². The molecule has 1 unspecified atom stereocenters. The molecule has 21 heavy (non-hydrogen) atoms. The molecule has 3 nitrogen and oxygen atoms in total. The summed E-state index contributed by atoms with van der Waals surface area (Å²) in [6, 6.07) is 13.4. The smallest absolute Gasteiger partial charge is 0.207 e. The first-order valence-corrected chi connectivity index (χ1v) is 8.02. The molecule has 0 aliphatic rings. The highest BCUT2D eigenvalue weighted by atomic mass is 32.2. The van der Waals surface area contributed by atoms with Gasteiger partial charge in [-0.05, 0) is 31.5 Å². The van der Waals surface area contributed by atoms with Crippen molar-refractivity contribution in [1.82, 2.24) is 4.72 Å². The Morgan fingerprint density at radius 2 is 1.43 bits per heavy atom. The number of rotatable bonds is 4. The van der Waals surface area contributed by atoms with E-state index in [1.165, 1.54) is 0 Å². The Kier molecular flexibility index (Phi) is 4.46. The lowest BCUT2D eigenvalue weighted by molar-refractivity contribution is 0.576. The minimum absolute atomic E-state index is 0.209. The first kappa shape index (κ1) is 15.3. The van der Waals surface area contributed by atoms with Crippen LogP contribution in [-0.2, 0) is 10.0 Å². The predicted octanol–water partition coefficient (Wildman–Crippen LogP) is 2.96. The summed E-state index contributed by atoms with van der Waals surface area (Å²) >= 11 is 0. The van der Waals surface area contributed by atoms with E-state index in [1.54, 1.807) is 24.3 Å². The molecule has 0 aliphatic heterocycles. The summed E-state index contributed by atoms with van der Waals surface area (Å²) < 4.78 is 27.2. The van der Waals surface area contributed by atoms with Crippen molar-refractivity contribution in [3.63, 3.8) is 0 Å². The van der Waals surface area contributed by atoms with Crippen LogP contribution in [0.15, 0.2) is 53.4 Å². The lowest BCUT2D eigenvalue weighted by Gasteiger charge is -2.14. The Balaban J connectivity index is 2.27. The van der Waals surface area contributed by atoms with E-state index in [1.807, 2.05) is 38.1 Å². The molecule has 0 saturated heterocycles. The molecule has 108 valence electrons. The average molecular weight is 299 g/mol. The second-order valence-electron chi connectivity index (χ2n) is 4.94. The lowest BCUT2D eigenvalue weighted by Crippen LogP contribution is -2.27. The standard InChI is InChI=1S/C17H17NO2S/c1-4-17(15-9-5-13(2)6-10-15)18-21(19,20)16-11-7-14(3)8-12-16/h1,5-12,17-18H,2-3H3. The lowest BCUT2D eigenvalue weighted by atomic mass is 10.1. The molecule has 0 spiro atoms. The van der Waals surface area contributed by atoms with Gasteiger partial charge in [0.25, 0.3) is 0 Å². The molecular weight excluding hydrogens is 282 g/mol. The Morgan fingerprint density at radius 1 is 0.952 bits per heavy atom. The van der Waals surface area contributed by atoms with E-state index in [4.69, 9.17) is 6.42 Å². The molecule has 0 fully saturated rings. The van der Waals surface area contributed by atoms with Crippen molar-refractivity contribution in [1.29, 1.82) is 0 Å². The average Bonchev–Trinajstić information content (AvgIpc) is 2.46. The van der Waals surface area contributed by atoms with Crippen LogP contribution in [-0.4, -0.2) is 8.42 Å². The number of terminal acetylenes is 1. The zero-order valence-electron chi connectivity index (χ0n) is 12.0. The molecule has 2 aromatic rings. The highest BCUT2D eigenvalue weighted by Gasteiger charge is 2.19. The Bertz CT molecular complexity index is 754. The van der Waals surface area contributed by atoms with E-state index in [2.05, 4.69) is 10.6 Å². The van der Waals surface area contributed by atoms with E-state index in [-0.39, 0.29) is 4.90 Å². The SMILES string of the molecule is C#CC(NS(=O)(=O)c1ccc(C)cc1)c1ccc(C)cc1. The Labute approximate surface area is 126 Å². The summed E-state index contributed by atoms with van der Waals surface area (Å²) in [5.74, 6) is 2.48. The van der Waals surface area contributed by atoms with Gasteiger partial charge in [-0.15, -0.1) is 6.42 Å². The fourth-order valence-electron chi connectivity index (χ4n) is 1.90. The molecule has 0 saturated carbocycles. The van der Waals surface area contributed by atoms with Crippen molar-refractivity contribution in [3.8, 4) is 12.3 Å². The monoisotopic (exact) mass is 299 g/mol. The van der Waals surface area contributed by atoms with Crippen molar-refractivity contribution in [3.05, 3.63) is 65.2 Å². The number of aryl methyl sites for hydroxylation is 2. The summed E-state index contributed by atoms with van der Waals surface area (Å²) in [5.41, 5.74) is 2.84. The van der Waals surface area contributed by atoms with Crippen molar-refractivity contribution in [2.45, 2.75) is 24.8 Å². The molecule has 0 heterocycles. The maximum Gasteiger partial charge on any atom is 0.241 e. The van der Waals surface area contributed by atoms with Gasteiger partial charge in [0, 0.05) is 0 Å². The molecule has 0 bridgehead atoms. The van der Waals surface area contributed by atoms with Crippen LogP contribution in [0.5, 0.6) is 0 Å². The molecule has 4 heteroatoms. The Hall–Kier alpha value is -2.09. The van der Waals surface area contributed by atoms with Crippen LogP contribution in [0, 0.1) is 26.2 Å². The van der Waals surface area contributed by atoms with Crippen LogP contribution in [0.3, 0.4) is 0 Å². The minimum Gasteiger partial charge on any atom is -0.207 e. The van der Waals surface area contributed by atoms with Crippen molar-refractivity contribution >= 4 is 10.0 Å². The number of hydrogen-bond donors (Lipinski definition) is 1. The van der Waals surface area contributed by atoms with Crippen molar-refractivity contribution in [2.75, 3.05) is 0 Å². The fraction of sp³-hybridized carbons (Fsp3) is 0.176. The summed E-state index contributed by atoms with van der Waals surface area (Å²) in [4.78, 5) is 0.209. The highest BCUT2D eigenvalue weighted by molar-refractivity contribution is 7.89. The number of hydrogen-bond acceptors (Lipinski definition) is 2. The summed E-state index contributed by atoms with van der Waals surface area (Å²) in [5, 5.41) is 0. The van der Waals surface area contributed by atoms with Crippen LogP contribution >= 0.6 is 0 Å². The van der Waals surface area contributed by atoms with Gasteiger partial charge in [-0.25, -0.2) is 8.42 Å². The van der Waals surface area contributed by atoms with Crippen LogP contribution in [0.25, 0.3) is 0 Å². The first-order valence-electron chi connectivity index (χ1n) is 6.54. The first-order chi connectivity index (χ1) is 9.92. The van der Waals surface area contributed by atoms with Gasteiger partial charge in [0.2, 0.25) is 10.0 Å². The number of nitrogens with one attached hydrogen (secondary N) is 1. The topological polar surface area (TPSA) is 46.2 Å². The quantitative estimate of drug-likeness (QED) is 0.882. The van der Waals surface area contributed by atoms with Crippen LogP contribution in [0.2, 0.25) is 0 Å². The third-order valence-corrected chi connectivity index (χ3v) is 4.62. The largest absolute Gasteiger partial charge is 0.241 e. The predicted molar refractivity (Wildman–Crippen MR) is 84.3 cm³/mol. The zero-order chi connectivity index (χ0) is 15.5. The van der Waals surface area contributed by atoms with E-state index in [0.717, 1.165) is 16.7 Å². The molecular formula is C17H17NO2S. The molecule has 0 amide bonds. The molecule has 2 rings (SSSR count). The van der Waals surface area contributed by atoms with E-state index in [9.17, 15) is 8.42 Å². The third kappa shape index (κ3) is 3.72. The summed E-state index contributed by atoms with van der Waals surface area (Å²) in [6.45, 7) is 3.87. The molecule has 0 radical (unpaired) electrons. The second kappa shape index (κ2) is 6.13. The molecule has 1 atom stereocenters. The molecule has 2 aromatic carbocycles. The maximum atomic E-state index is 12.3. The van der Waals surface area contributed by atoms with Crippen LogP contribution in [0.1, 0.15) is 22.7 Å². The van der Waals surface area contributed by atoms with Crippen molar-refractivity contribution < 1.29 is 8.42 Å². The summed E-state index contributed by atoms with van der Waals surface area (Å²) in [7, 11) is -3.64. The van der Waals surface area contributed by atoms with Gasteiger partial charge in [0.1, 0.15) is 6.04 Å². The van der Waals surface area contributed by atoms with Crippen molar-refractivity contribution in [2.24, 2.45) is 0 Å². The van der Waals surface area contributed by atoms with Gasteiger partial charge < -0.3 is 0 Å². The van der Waals surface area contributed by atoms with E-state index < -0.39 is 16.1 Å². The number of sulfonamides is 1. The van der Waals surface area contributed by atoms with Gasteiger partial charge in [-0.1, -0.05) is 53.4 Å². The van der Waals surface area contributed by atoms with E-state index in [0.29, 0.717) is 0 Å². The Morgan fingerprint density at radius 3 is 1.90 bits per heavy atom.